The van der Waals surface area contributed by atoms with E-state index in [4.69, 9.17) is 14.7 Å². The van der Waals surface area contributed by atoms with Gasteiger partial charge in [0.1, 0.15) is 5.58 Å². The Balaban J connectivity index is 1.65. The first kappa shape index (κ1) is 13.5. The van der Waals surface area contributed by atoms with Crippen LogP contribution in [0.15, 0.2) is 27.3 Å². The predicted octanol–water partition coefficient (Wildman–Crippen LogP) is 3.36. The van der Waals surface area contributed by atoms with Crippen molar-refractivity contribution < 1.29 is 8.94 Å². The van der Waals surface area contributed by atoms with Crippen LogP contribution in [0.2, 0.25) is 0 Å². The SMILES string of the molecule is Cc1cc2occ(Cc3nc(C4(N)CCC4)no3)c2cc1C. The minimum Gasteiger partial charge on any atom is -0.464 e. The van der Waals surface area contributed by atoms with E-state index in [1.54, 1.807) is 6.26 Å². The van der Waals surface area contributed by atoms with Crippen LogP contribution in [0.1, 0.15) is 47.7 Å². The molecule has 0 saturated heterocycles. The van der Waals surface area contributed by atoms with Crippen LogP contribution in [0.25, 0.3) is 11.0 Å². The van der Waals surface area contributed by atoms with E-state index in [0.717, 1.165) is 35.8 Å². The highest BCUT2D eigenvalue weighted by molar-refractivity contribution is 5.82. The summed E-state index contributed by atoms with van der Waals surface area (Å²) in [6.07, 6.45) is 5.33. The lowest BCUT2D eigenvalue weighted by molar-refractivity contribution is 0.229. The van der Waals surface area contributed by atoms with Crippen LogP contribution in [-0.2, 0) is 12.0 Å². The first-order valence-corrected chi connectivity index (χ1v) is 7.64. The smallest absolute Gasteiger partial charge is 0.231 e. The zero-order valence-corrected chi connectivity index (χ0v) is 12.8. The highest BCUT2D eigenvalue weighted by Gasteiger charge is 2.38. The lowest BCUT2D eigenvalue weighted by Crippen LogP contribution is -2.44. The third kappa shape index (κ3) is 2.04. The van der Waals surface area contributed by atoms with Crippen molar-refractivity contribution in [3.8, 4) is 0 Å². The van der Waals surface area contributed by atoms with Crippen LogP contribution in [-0.4, -0.2) is 10.1 Å². The molecule has 0 amide bonds. The molecule has 1 aromatic carbocycles. The largest absolute Gasteiger partial charge is 0.464 e. The molecule has 0 spiro atoms. The second-order valence-electron chi connectivity index (χ2n) is 6.39. The molecule has 0 unspecified atom stereocenters. The number of nitrogens with two attached hydrogens (primary N) is 1. The molecular formula is C17H19N3O2. The van der Waals surface area contributed by atoms with Gasteiger partial charge in [0.25, 0.3) is 0 Å². The van der Waals surface area contributed by atoms with Crippen molar-refractivity contribution in [1.29, 1.82) is 0 Å². The number of fused-ring (bicyclic) bond motifs is 1. The second-order valence-corrected chi connectivity index (χ2v) is 6.39. The summed E-state index contributed by atoms with van der Waals surface area (Å²) in [6.45, 7) is 4.19. The molecule has 0 atom stereocenters. The van der Waals surface area contributed by atoms with E-state index in [-0.39, 0.29) is 5.54 Å². The molecule has 2 N–H and O–H groups in total. The summed E-state index contributed by atoms with van der Waals surface area (Å²) in [5.41, 5.74) is 10.3. The first-order valence-electron chi connectivity index (χ1n) is 7.64. The minimum absolute atomic E-state index is 0.381. The van der Waals surface area contributed by atoms with Gasteiger partial charge in [-0.25, -0.2) is 0 Å². The summed E-state index contributed by atoms with van der Waals surface area (Å²) in [6, 6.07) is 4.22. The molecule has 2 heterocycles. The number of benzene rings is 1. The molecule has 0 aliphatic heterocycles. The third-order valence-corrected chi connectivity index (χ3v) is 4.77. The Labute approximate surface area is 128 Å². The number of aryl methyl sites for hydroxylation is 2. The Morgan fingerprint density at radius 3 is 2.73 bits per heavy atom. The monoisotopic (exact) mass is 297 g/mol. The van der Waals surface area contributed by atoms with Crippen molar-refractivity contribution in [2.24, 2.45) is 5.73 Å². The molecule has 114 valence electrons. The summed E-state index contributed by atoms with van der Waals surface area (Å²) in [7, 11) is 0. The molecule has 2 aromatic heterocycles. The van der Waals surface area contributed by atoms with Crippen LogP contribution in [0.3, 0.4) is 0 Å². The summed E-state index contributed by atoms with van der Waals surface area (Å²) >= 11 is 0. The van der Waals surface area contributed by atoms with Crippen LogP contribution in [0.5, 0.6) is 0 Å². The summed E-state index contributed by atoms with van der Waals surface area (Å²) < 4.78 is 11.0. The zero-order chi connectivity index (χ0) is 15.3. The van der Waals surface area contributed by atoms with Crippen molar-refractivity contribution in [2.45, 2.75) is 45.1 Å². The maximum absolute atomic E-state index is 6.23. The Bertz CT molecular complexity index is 843. The zero-order valence-electron chi connectivity index (χ0n) is 12.8. The summed E-state index contributed by atoms with van der Waals surface area (Å²) in [5.74, 6) is 1.22. The van der Waals surface area contributed by atoms with E-state index in [1.165, 1.54) is 11.1 Å². The quantitative estimate of drug-likeness (QED) is 0.802. The van der Waals surface area contributed by atoms with Gasteiger partial charge in [0.2, 0.25) is 5.89 Å². The summed E-state index contributed by atoms with van der Waals surface area (Å²) in [4.78, 5) is 4.48. The average Bonchev–Trinajstić information content (AvgIpc) is 3.06. The van der Waals surface area contributed by atoms with Crippen LogP contribution < -0.4 is 5.73 Å². The van der Waals surface area contributed by atoms with Gasteiger partial charge in [0, 0.05) is 10.9 Å². The molecule has 1 fully saturated rings. The van der Waals surface area contributed by atoms with Gasteiger partial charge in [0.15, 0.2) is 5.82 Å². The number of aromatic nitrogens is 2. The van der Waals surface area contributed by atoms with E-state index in [0.29, 0.717) is 18.1 Å². The van der Waals surface area contributed by atoms with Gasteiger partial charge in [0.05, 0.1) is 18.2 Å². The maximum atomic E-state index is 6.23. The molecule has 22 heavy (non-hydrogen) atoms. The molecule has 0 bridgehead atoms. The van der Waals surface area contributed by atoms with Gasteiger partial charge < -0.3 is 14.7 Å². The van der Waals surface area contributed by atoms with Gasteiger partial charge >= 0.3 is 0 Å². The van der Waals surface area contributed by atoms with Gasteiger partial charge in [-0.3, -0.25) is 0 Å². The van der Waals surface area contributed by atoms with Crippen LogP contribution >= 0.6 is 0 Å². The highest BCUT2D eigenvalue weighted by atomic mass is 16.5. The Morgan fingerprint density at radius 1 is 1.23 bits per heavy atom. The molecular weight excluding hydrogens is 278 g/mol. The molecule has 3 aromatic rings. The molecule has 5 nitrogen and oxygen atoms in total. The topological polar surface area (TPSA) is 78.1 Å². The van der Waals surface area contributed by atoms with Crippen molar-refractivity contribution in [1.82, 2.24) is 10.1 Å². The third-order valence-electron chi connectivity index (χ3n) is 4.77. The molecule has 0 radical (unpaired) electrons. The van der Waals surface area contributed by atoms with Gasteiger partial charge in [-0.15, -0.1) is 0 Å². The molecule has 1 aliphatic rings. The van der Waals surface area contributed by atoms with E-state index in [1.807, 2.05) is 0 Å². The molecule has 5 heteroatoms. The standard InChI is InChI=1S/C17H19N3O2/c1-10-6-13-12(9-21-14(13)7-11(10)2)8-15-19-16(20-22-15)17(18)4-3-5-17/h6-7,9H,3-5,8,18H2,1-2H3. The van der Waals surface area contributed by atoms with Crippen molar-refractivity contribution in [3.05, 3.63) is 46.8 Å². The molecule has 1 saturated carbocycles. The predicted molar refractivity (Wildman–Crippen MR) is 82.5 cm³/mol. The molecule has 4 rings (SSSR count). The first-order chi connectivity index (χ1) is 10.5. The van der Waals surface area contributed by atoms with E-state index >= 15 is 0 Å². The van der Waals surface area contributed by atoms with Crippen molar-refractivity contribution >= 4 is 11.0 Å². The number of hydrogen-bond acceptors (Lipinski definition) is 5. The number of hydrogen-bond donors (Lipinski definition) is 1. The van der Waals surface area contributed by atoms with Crippen LogP contribution in [0.4, 0.5) is 0 Å². The fraction of sp³-hybridized carbons (Fsp3) is 0.412. The van der Waals surface area contributed by atoms with Gasteiger partial charge in [-0.1, -0.05) is 5.16 Å². The van der Waals surface area contributed by atoms with Crippen LogP contribution in [0, 0.1) is 13.8 Å². The second kappa shape index (κ2) is 4.68. The minimum atomic E-state index is -0.381. The molecule has 1 aliphatic carbocycles. The maximum Gasteiger partial charge on any atom is 0.231 e. The normalized spacial score (nSPS) is 16.9. The van der Waals surface area contributed by atoms with Crippen molar-refractivity contribution in [3.63, 3.8) is 0 Å². The number of furan rings is 1. The number of nitrogens with zero attached hydrogens (tertiary/aromatic N) is 2. The lowest BCUT2D eigenvalue weighted by Gasteiger charge is -2.34. The lowest BCUT2D eigenvalue weighted by atomic mass is 9.77. The van der Waals surface area contributed by atoms with E-state index < -0.39 is 0 Å². The van der Waals surface area contributed by atoms with Gasteiger partial charge in [-0.2, -0.15) is 4.98 Å². The Hall–Kier alpha value is -2.14. The van der Waals surface area contributed by atoms with Crippen molar-refractivity contribution in [2.75, 3.05) is 0 Å². The summed E-state index contributed by atoms with van der Waals surface area (Å²) in [5, 5.41) is 5.17. The van der Waals surface area contributed by atoms with Gasteiger partial charge in [-0.05, 0) is 56.4 Å². The Kier molecular flexibility index (Phi) is 2.87. The Morgan fingerprint density at radius 2 is 2.00 bits per heavy atom. The highest BCUT2D eigenvalue weighted by Crippen LogP contribution is 2.37. The number of rotatable bonds is 3. The van der Waals surface area contributed by atoms with E-state index in [9.17, 15) is 0 Å². The fourth-order valence-electron chi connectivity index (χ4n) is 2.95. The van der Waals surface area contributed by atoms with E-state index in [2.05, 4.69) is 36.1 Å². The fourth-order valence-corrected chi connectivity index (χ4v) is 2.95. The average molecular weight is 297 g/mol.